The minimum absolute atomic E-state index is 0.0844. The van der Waals surface area contributed by atoms with Crippen molar-refractivity contribution in [3.05, 3.63) is 53.6 Å². The van der Waals surface area contributed by atoms with E-state index in [1.807, 2.05) is 18.2 Å². The first-order chi connectivity index (χ1) is 14.6. The third-order valence-corrected chi connectivity index (χ3v) is 5.01. The Morgan fingerprint density at radius 1 is 1.17 bits per heavy atom. The minimum Gasteiger partial charge on any atom is -0.493 e. The van der Waals surface area contributed by atoms with E-state index in [1.54, 1.807) is 25.3 Å². The summed E-state index contributed by atoms with van der Waals surface area (Å²) < 4.78 is 16.2. The van der Waals surface area contributed by atoms with Gasteiger partial charge in [0.2, 0.25) is 5.96 Å². The summed E-state index contributed by atoms with van der Waals surface area (Å²) >= 11 is 0. The van der Waals surface area contributed by atoms with Crippen molar-refractivity contribution >= 4 is 17.6 Å². The molecule has 1 saturated heterocycles. The smallest absolute Gasteiger partial charge is 0.258 e. The first kappa shape index (κ1) is 21.6. The quantitative estimate of drug-likeness (QED) is 0.537. The number of aryl methyl sites for hydroxylation is 1. The molecule has 0 aliphatic carbocycles. The van der Waals surface area contributed by atoms with E-state index in [4.69, 9.17) is 14.2 Å². The van der Waals surface area contributed by atoms with Crippen LogP contribution >= 0.6 is 0 Å². The molecule has 1 aliphatic heterocycles. The molecule has 0 spiro atoms. The Labute approximate surface area is 177 Å². The lowest BCUT2D eigenvalue weighted by molar-refractivity contribution is 0.0975. The molecule has 2 N–H and O–H groups in total. The second-order valence-electron chi connectivity index (χ2n) is 6.98. The van der Waals surface area contributed by atoms with E-state index in [0.29, 0.717) is 29.6 Å². The predicted octanol–water partition coefficient (Wildman–Crippen LogP) is 3.64. The number of nitrogens with zero attached hydrogens (tertiary/aromatic N) is 1. The van der Waals surface area contributed by atoms with Gasteiger partial charge in [-0.25, -0.2) is 4.99 Å². The topological polar surface area (TPSA) is 81.2 Å². The van der Waals surface area contributed by atoms with Crippen LogP contribution in [0.5, 0.6) is 11.5 Å². The largest absolute Gasteiger partial charge is 0.493 e. The van der Waals surface area contributed by atoms with Crippen molar-refractivity contribution in [1.82, 2.24) is 5.32 Å². The molecule has 160 valence electrons. The maximum absolute atomic E-state index is 12.9. The maximum Gasteiger partial charge on any atom is 0.258 e. The van der Waals surface area contributed by atoms with Crippen LogP contribution in [0, 0.1) is 0 Å². The molecule has 1 heterocycles. The first-order valence-electron chi connectivity index (χ1n) is 10.2. The molecule has 0 radical (unpaired) electrons. The van der Waals surface area contributed by atoms with Gasteiger partial charge in [0, 0.05) is 17.9 Å². The third kappa shape index (κ3) is 5.51. The lowest BCUT2D eigenvalue weighted by Crippen LogP contribution is -2.37. The molecule has 1 aliphatic rings. The monoisotopic (exact) mass is 411 g/mol. The van der Waals surface area contributed by atoms with Gasteiger partial charge in [-0.15, -0.1) is 0 Å². The molecule has 0 bridgehead atoms. The number of carbonyl (C=O) groups is 1. The summed E-state index contributed by atoms with van der Waals surface area (Å²) in [5.41, 5.74) is 2.50. The molecular formula is C23H29N3O4. The number of guanidine groups is 1. The van der Waals surface area contributed by atoms with Gasteiger partial charge in [-0.1, -0.05) is 25.1 Å². The van der Waals surface area contributed by atoms with E-state index in [0.717, 1.165) is 37.1 Å². The Morgan fingerprint density at radius 3 is 2.67 bits per heavy atom. The fourth-order valence-corrected chi connectivity index (χ4v) is 3.33. The van der Waals surface area contributed by atoms with Gasteiger partial charge in [0.1, 0.15) is 0 Å². The number of anilines is 1. The van der Waals surface area contributed by atoms with E-state index in [-0.39, 0.29) is 12.0 Å². The number of methoxy groups -OCH3 is 2. The Bertz CT molecular complexity index is 892. The SMILES string of the molecule is CCc1ccccc1NC(=NC[C@@H]1CCCO1)NC(=O)c1ccc(OC)c(OC)c1. The number of amides is 1. The molecule has 3 rings (SSSR count). The van der Waals surface area contributed by atoms with Crippen LogP contribution < -0.4 is 20.1 Å². The zero-order chi connectivity index (χ0) is 21.3. The highest BCUT2D eigenvalue weighted by molar-refractivity contribution is 6.10. The number of benzene rings is 2. The second-order valence-corrected chi connectivity index (χ2v) is 6.98. The number of nitrogens with one attached hydrogen (secondary N) is 2. The fraction of sp³-hybridized carbons (Fsp3) is 0.391. The van der Waals surface area contributed by atoms with Gasteiger partial charge in [-0.2, -0.15) is 0 Å². The molecule has 7 nitrogen and oxygen atoms in total. The number of hydrogen-bond donors (Lipinski definition) is 2. The average molecular weight is 412 g/mol. The first-order valence-corrected chi connectivity index (χ1v) is 10.2. The number of ether oxygens (including phenoxy) is 3. The second kappa shape index (κ2) is 10.6. The summed E-state index contributed by atoms with van der Waals surface area (Å²) in [6, 6.07) is 13.0. The molecule has 0 saturated carbocycles. The molecule has 7 heteroatoms. The van der Waals surface area contributed by atoms with Gasteiger partial charge < -0.3 is 19.5 Å². The van der Waals surface area contributed by atoms with E-state index >= 15 is 0 Å². The highest BCUT2D eigenvalue weighted by Crippen LogP contribution is 2.27. The maximum atomic E-state index is 12.9. The Hall–Kier alpha value is -3.06. The summed E-state index contributed by atoms with van der Waals surface area (Å²) in [6.07, 6.45) is 2.97. The molecule has 2 aromatic rings. The average Bonchev–Trinajstić information content (AvgIpc) is 3.31. The molecule has 30 heavy (non-hydrogen) atoms. The van der Waals surface area contributed by atoms with Gasteiger partial charge in [-0.05, 0) is 49.1 Å². The van der Waals surface area contributed by atoms with Crippen LogP contribution in [-0.4, -0.2) is 45.3 Å². The van der Waals surface area contributed by atoms with E-state index in [1.165, 1.54) is 7.11 Å². The van der Waals surface area contributed by atoms with Crippen molar-refractivity contribution in [2.24, 2.45) is 4.99 Å². The van der Waals surface area contributed by atoms with Crippen molar-refractivity contribution in [2.45, 2.75) is 32.3 Å². The minimum atomic E-state index is -0.288. The number of para-hydroxylation sites is 1. The van der Waals surface area contributed by atoms with Gasteiger partial charge >= 0.3 is 0 Å². The molecule has 1 fully saturated rings. The summed E-state index contributed by atoms with van der Waals surface area (Å²) in [5.74, 6) is 1.17. The van der Waals surface area contributed by atoms with E-state index in [2.05, 4.69) is 28.6 Å². The normalized spacial score (nSPS) is 16.2. The fourth-order valence-electron chi connectivity index (χ4n) is 3.33. The number of hydrogen-bond acceptors (Lipinski definition) is 5. The predicted molar refractivity (Wildman–Crippen MR) is 118 cm³/mol. The van der Waals surface area contributed by atoms with Gasteiger partial charge in [0.25, 0.3) is 5.91 Å². The number of rotatable bonds is 7. The molecular weight excluding hydrogens is 382 g/mol. The van der Waals surface area contributed by atoms with Gasteiger partial charge in [0.05, 0.1) is 26.9 Å². The van der Waals surface area contributed by atoms with Crippen LogP contribution in [0.3, 0.4) is 0 Å². The van der Waals surface area contributed by atoms with Crippen LogP contribution in [0.1, 0.15) is 35.7 Å². The molecule has 1 atom stereocenters. The van der Waals surface area contributed by atoms with Gasteiger partial charge in [-0.3, -0.25) is 10.1 Å². The van der Waals surface area contributed by atoms with Crippen molar-refractivity contribution < 1.29 is 19.0 Å². The van der Waals surface area contributed by atoms with Crippen LogP contribution in [0.2, 0.25) is 0 Å². The Morgan fingerprint density at radius 2 is 1.97 bits per heavy atom. The van der Waals surface area contributed by atoms with Crippen molar-refractivity contribution in [3.63, 3.8) is 0 Å². The Kier molecular flexibility index (Phi) is 7.68. The molecule has 2 aromatic carbocycles. The van der Waals surface area contributed by atoms with Crippen LogP contribution in [-0.2, 0) is 11.2 Å². The third-order valence-electron chi connectivity index (χ3n) is 5.01. The highest BCUT2D eigenvalue weighted by Gasteiger charge is 2.17. The number of carbonyl (C=O) groups excluding carboxylic acids is 1. The molecule has 1 amide bonds. The standard InChI is InChI=1S/C23H29N3O4/c1-4-16-8-5-6-10-19(16)25-23(24-15-18-9-7-13-30-18)26-22(27)17-11-12-20(28-2)21(14-17)29-3/h5-6,8,10-12,14,18H,4,7,9,13,15H2,1-3H3,(H2,24,25,26,27)/t18-/m0/s1. The van der Waals surface area contributed by atoms with Crippen LogP contribution in [0.25, 0.3) is 0 Å². The van der Waals surface area contributed by atoms with E-state index < -0.39 is 0 Å². The van der Waals surface area contributed by atoms with Gasteiger partial charge in [0.15, 0.2) is 11.5 Å². The van der Waals surface area contributed by atoms with Crippen molar-refractivity contribution in [3.8, 4) is 11.5 Å². The van der Waals surface area contributed by atoms with Crippen molar-refractivity contribution in [2.75, 3.05) is 32.7 Å². The summed E-state index contributed by atoms with van der Waals surface area (Å²) in [5, 5.41) is 6.17. The van der Waals surface area contributed by atoms with Crippen molar-refractivity contribution in [1.29, 1.82) is 0 Å². The lowest BCUT2D eigenvalue weighted by Gasteiger charge is -2.16. The zero-order valence-corrected chi connectivity index (χ0v) is 17.7. The zero-order valence-electron chi connectivity index (χ0n) is 17.7. The summed E-state index contributed by atoms with van der Waals surface area (Å²) in [6.45, 7) is 3.34. The van der Waals surface area contributed by atoms with Crippen LogP contribution in [0.4, 0.5) is 5.69 Å². The molecule has 0 aromatic heterocycles. The summed E-state index contributed by atoms with van der Waals surface area (Å²) in [4.78, 5) is 17.5. The number of aliphatic imine (C=N–C) groups is 1. The lowest BCUT2D eigenvalue weighted by atomic mass is 10.1. The van der Waals surface area contributed by atoms with E-state index in [9.17, 15) is 4.79 Å². The molecule has 0 unspecified atom stereocenters. The highest BCUT2D eigenvalue weighted by atomic mass is 16.5. The van der Waals surface area contributed by atoms with Crippen LogP contribution in [0.15, 0.2) is 47.5 Å². The Balaban J connectivity index is 1.80. The summed E-state index contributed by atoms with van der Waals surface area (Å²) in [7, 11) is 3.10.